The summed E-state index contributed by atoms with van der Waals surface area (Å²) in [5.41, 5.74) is 6.04. The second-order valence-electron chi connectivity index (χ2n) is 6.14. The molecule has 0 fully saturated rings. The molecule has 0 radical (unpaired) electrons. The van der Waals surface area contributed by atoms with Gasteiger partial charge in [0.05, 0.1) is 5.41 Å². The molecule has 0 atom stereocenters. The molecule has 0 heterocycles. The van der Waals surface area contributed by atoms with Gasteiger partial charge in [-0.05, 0) is 45.4 Å². The molecule has 1 aromatic carbocycles. The quantitative estimate of drug-likeness (QED) is 0.923. The maximum absolute atomic E-state index is 12.5. The highest BCUT2D eigenvalue weighted by Crippen LogP contribution is 2.30. The van der Waals surface area contributed by atoms with E-state index in [0.717, 1.165) is 10.0 Å². The second-order valence-corrected chi connectivity index (χ2v) is 7.05. The topological polar surface area (TPSA) is 46.3 Å². The van der Waals surface area contributed by atoms with Gasteiger partial charge in [0.2, 0.25) is 5.91 Å². The summed E-state index contributed by atoms with van der Waals surface area (Å²) >= 11 is 3.44. The predicted molar refractivity (Wildman–Crippen MR) is 82.7 cm³/mol. The maximum Gasteiger partial charge on any atom is 0.230 e. The summed E-state index contributed by atoms with van der Waals surface area (Å²) < 4.78 is 1.02. The number of carbonyl (C=O) groups is 1. The van der Waals surface area contributed by atoms with Crippen LogP contribution >= 0.6 is 15.9 Å². The Labute approximate surface area is 124 Å². The Hall–Kier alpha value is -0.870. The molecule has 0 bridgehead atoms. The SMILES string of the molecule is CN(Cc1cccc(Br)c1)C(=O)C(C)(C)C(C)(C)N. The van der Waals surface area contributed by atoms with Crippen LogP contribution in [-0.2, 0) is 11.3 Å². The summed E-state index contributed by atoms with van der Waals surface area (Å²) in [6, 6.07) is 7.97. The van der Waals surface area contributed by atoms with Gasteiger partial charge in [-0.1, -0.05) is 28.1 Å². The van der Waals surface area contributed by atoms with Crippen molar-refractivity contribution in [1.82, 2.24) is 4.90 Å². The summed E-state index contributed by atoms with van der Waals surface area (Å²) in [5, 5.41) is 0. The first kappa shape index (κ1) is 16.2. The van der Waals surface area contributed by atoms with Gasteiger partial charge in [-0.15, -0.1) is 0 Å². The first-order valence-electron chi connectivity index (χ1n) is 6.34. The van der Waals surface area contributed by atoms with Crippen molar-refractivity contribution in [1.29, 1.82) is 0 Å². The van der Waals surface area contributed by atoms with E-state index in [9.17, 15) is 4.79 Å². The van der Waals surface area contributed by atoms with Crippen LogP contribution < -0.4 is 5.73 Å². The fourth-order valence-corrected chi connectivity index (χ4v) is 2.18. The molecular weight excluding hydrogens is 304 g/mol. The van der Waals surface area contributed by atoms with Gasteiger partial charge in [0.1, 0.15) is 0 Å². The summed E-state index contributed by atoms with van der Waals surface area (Å²) in [4.78, 5) is 14.3. The van der Waals surface area contributed by atoms with Crippen molar-refractivity contribution in [2.75, 3.05) is 7.05 Å². The van der Waals surface area contributed by atoms with E-state index in [0.29, 0.717) is 6.54 Å². The monoisotopic (exact) mass is 326 g/mol. The van der Waals surface area contributed by atoms with E-state index in [-0.39, 0.29) is 5.91 Å². The Morgan fingerprint density at radius 1 is 1.32 bits per heavy atom. The molecule has 0 spiro atoms. The summed E-state index contributed by atoms with van der Waals surface area (Å²) in [7, 11) is 1.82. The fourth-order valence-electron chi connectivity index (χ4n) is 1.73. The van der Waals surface area contributed by atoms with Gasteiger partial charge in [-0.3, -0.25) is 4.79 Å². The van der Waals surface area contributed by atoms with E-state index < -0.39 is 11.0 Å². The number of hydrogen-bond acceptors (Lipinski definition) is 2. The van der Waals surface area contributed by atoms with Crippen molar-refractivity contribution in [2.45, 2.75) is 39.8 Å². The summed E-state index contributed by atoms with van der Waals surface area (Å²) in [5.74, 6) is 0.0555. The van der Waals surface area contributed by atoms with Crippen molar-refractivity contribution in [3.63, 3.8) is 0 Å². The number of nitrogens with zero attached hydrogens (tertiary/aromatic N) is 1. The molecule has 2 N–H and O–H groups in total. The number of nitrogens with two attached hydrogens (primary N) is 1. The normalized spacial score (nSPS) is 12.4. The van der Waals surface area contributed by atoms with Crippen LogP contribution in [0, 0.1) is 5.41 Å². The first-order chi connectivity index (χ1) is 8.55. The van der Waals surface area contributed by atoms with Crippen molar-refractivity contribution >= 4 is 21.8 Å². The van der Waals surface area contributed by atoms with E-state index in [1.807, 2.05) is 59.0 Å². The average molecular weight is 327 g/mol. The summed E-state index contributed by atoms with van der Waals surface area (Å²) in [6.07, 6.45) is 0. The maximum atomic E-state index is 12.5. The number of hydrogen-bond donors (Lipinski definition) is 1. The van der Waals surface area contributed by atoms with E-state index in [1.165, 1.54) is 0 Å². The predicted octanol–water partition coefficient (Wildman–Crippen LogP) is 3.17. The van der Waals surface area contributed by atoms with Crippen LogP contribution in [0.2, 0.25) is 0 Å². The standard InChI is InChI=1S/C15H23BrN2O/c1-14(2,15(3,4)17)13(19)18(5)10-11-7-6-8-12(16)9-11/h6-9H,10,17H2,1-5H3. The zero-order valence-corrected chi connectivity index (χ0v) is 13.9. The van der Waals surface area contributed by atoms with E-state index in [1.54, 1.807) is 4.90 Å². The van der Waals surface area contributed by atoms with Crippen LogP contribution in [-0.4, -0.2) is 23.4 Å². The van der Waals surface area contributed by atoms with E-state index in [4.69, 9.17) is 5.73 Å². The molecule has 19 heavy (non-hydrogen) atoms. The average Bonchev–Trinajstić information content (AvgIpc) is 2.26. The van der Waals surface area contributed by atoms with Crippen LogP contribution in [0.3, 0.4) is 0 Å². The lowest BCUT2D eigenvalue weighted by atomic mass is 9.74. The Morgan fingerprint density at radius 3 is 2.37 bits per heavy atom. The van der Waals surface area contributed by atoms with Crippen molar-refractivity contribution in [2.24, 2.45) is 11.1 Å². The van der Waals surface area contributed by atoms with Crippen LogP contribution in [0.5, 0.6) is 0 Å². The Bertz CT molecular complexity index is 463. The van der Waals surface area contributed by atoms with Gasteiger partial charge in [0.25, 0.3) is 0 Å². The Balaban J connectivity index is 2.84. The van der Waals surface area contributed by atoms with Gasteiger partial charge < -0.3 is 10.6 Å². The molecule has 0 saturated heterocycles. The molecule has 106 valence electrons. The van der Waals surface area contributed by atoms with Crippen LogP contribution in [0.15, 0.2) is 28.7 Å². The van der Waals surface area contributed by atoms with Gasteiger partial charge in [-0.25, -0.2) is 0 Å². The summed E-state index contributed by atoms with van der Waals surface area (Å²) in [6.45, 7) is 8.15. The van der Waals surface area contributed by atoms with Crippen LogP contribution in [0.1, 0.15) is 33.3 Å². The zero-order valence-electron chi connectivity index (χ0n) is 12.3. The minimum absolute atomic E-state index is 0.0555. The third-order valence-corrected chi connectivity index (χ3v) is 4.29. The van der Waals surface area contributed by atoms with Crippen molar-refractivity contribution in [3.05, 3.63) is 34.3 Å². The highest BCUT2D eigenvalue weighted by molar-refractivity contribution is 9.10. The van der Waals surface area contributed by atoms with Gasteiger partial charge >= 0.3 is 0 Å². The lowest BCUT2D eigenvalue weighted by Gasteiger charge is -2.39. The molecule has 0 saturated carbocycles. The highest BCUT2D eigenvalue weighted by atomic mass is 79.9. The molecule has 3 nitrogen and oxygen atoms in total. The van der Waals surface area contributed by atoms with Gasteiger partial charge in [0, 0.05) is 23.6 Å². The molecule has 0 unspecified atom stereocenters. The molecular formula is C15H23BrN2O. The number of halogens is 1. The third-order valence-electron chi connectivity index (χ3n) is 3.80. The molecule has 1 amide bonds. The fraction of sp³-hybridized carbons (Fsp3) is 0.533. The molecule has 0 aliphatic carbocycles. The smallest absolute Gasteiger partial charge is 0.230 e. The lowest BCUT2D eigenvalue weighted by molar-refractivity contribution is -0.142. The van der Waals surface area contributed by atoms with Gasteiger partial charge in [0.15, 0.2) is 0 Å². The van der Waals surface area contributed by atoms with Crippen LogP contribution in [0.25, 0.3) is 0 Å². The number of rotatable bonds is 4. The lowest BCUT2D eigenvalue weighted by Crippen LogP contribution is -2.55. The molecule has 0 aromatic heterocycles. The second kappa shape index (κ2) is 5.63. The molecule has 1 aromatic rings. The number of benzene rings is 1. The molecule has 0 aliphatic rings. The minimum atomic E-state index is -0.603. The largest absolute Gasteiger partial charge is 0.341 e. The third kappa shape index (κ3) is 3.80. The van der Waals surface area contributed by atoms with E-state index >= 15 is 0 Å². The number of amides is 1. The van der Waals surface area contributed by atoms with Crippen molar-refractivity contribution in [3.8, 4) is 0 Å². The number of carbonyl (C=O) groups excluding carboxylic acids is 1. The zero-order chi connectivity index (χ0) is 14.8. The highest BCUT2D eigenvalue weighted by Gasteiger charge is 2.41. The molecule has 0 aliphatic heterocycles. The Kier molecular flexibility index (Phi) is 4.80. The van der Waals surface area contributed by atoms with Crippen LogP contribution in [0.4, 0.5) is 0 Å². The molecule has 1 rings (SSSR count). The first-order valence-corrected chi connectivity index (χ1v) is 7.14. The molecule has 4 heteroatoms. The van der Waals surface area contributed by atoms with Crippen molar-refractivity contribution < 1.29 is 4.79 Å². The van der Waals surface area contributed by atoms with E-state index in [2.05, 4.69) is 15.9 Å². The minimum Gasteiger partial charge on any atom is -0.341 e. The van der Waals surface area contributed by atoms with Gasteiger partial charge in [-0.2, -0.15) is 0 Å². The Morgan fingerprint density at radius 2 is 1.89 bits per heavy atom.